The zero-order chi connectivity index (χ0) is 13.8. The summed E-state index contributed by atoms with van der Waals surface area (Å²) in [6.07, 6.45) is 4.31. The number of hydrogen-bond acceptors (Lipinski definition) is 4. The highest BCUT2D eigenvalue weighted by molar-refractivity contribution is 5.54. The van der Waals surface area contributed by atoms with Crippen LogP contribution in [0.3, 0.4) is 0 Å². The number of benzene rings is 1. The van der Waals surface area contributed by atoms with Gasteiger partial charge in [0.15, 0.2) is 0 Å². The molecule has 2 unspecified atom stereocenters. The van der Waals surface area contributed by atoms with Crippen LogP contribution >= 0.6 is 0 Å². The summed E-state index contributed by atoms with van der Waals surface area (Å²) in [5, 5.41) is 23.6. The molecule has 1 aliphatic carbocycles. The molecule has 2 atom stereocenters. The van der Waals surface area contributed by atoms with E-state index in [9.17, 15) is 15.2 Å². The highest BCUT2D eigenvalue weighted by Crippen LogP contribution is 2.28. The van der Waals surface area contributed by atoms with Gasteiger partial charge in [-0.15, -0.1) is 0 Å². The van der Waals surface area contributed by atoms with Crippen molar-refractivity contribution in [2.45, 2.75) is 38.6 Å². The third kappa shape index (κ3) is 3.44. The van der Waals surface area contributed by atoms with Gasteiger partial charge in [0.1, 0.15) is 0 Å². The highest BCUT2D eigenvalue weighted by atomic mass is 16.6. The number of nitro benzene ring substituents is 1. The summed E-state index contributed by atoms with van der Waals surface area (Å²) in [4.78, 5) is 10.5. The number of nitrogens with one attached hydrogen (secondary N) is 1. The Morgan fingerprint density at radius 1 is 1.37 bits per heavy atom. The summed E-state index contributed by atoms with van der Waals surface area (Å²) in [7, 11) is 0. The van der Waals surface area contributed by atoms with Crippen molar-refractivity contribution in [1.82, 2.24) is 0 Å². The average Bonchev–Trinajstić information content (AvgIpc) is 2.38. The fourth-order valence-corrected chi connectivity index (χ4v) is 2.78. The molecule has 0 heterocycles. The van der Waals surface area contributed by atoms with Crippen LogP contribution in [-0.4, -0.2) is 22.7 Å². The lowest BCUT2D eigenvalue weighted by Crippen LogP contribution is -2.34. The number of nitro groups is 1. The molecule has 1 aromatic rings. The Bertz CT molecular complexity index is 462. The molecule has 2 N–H and O–H groups in total. The number of aliphatic hydroxyl groups excluding tert-OH is 1. The molecule has 19 heavy (non-hydrogen) atoms. The molecule has 0 spiro atoms. The Morgan fingerprint density at radius 3 is 2.79 bits per heavy atom. The molecular weight excluding hydrogens is 244 g/mol. The third-order valence-electron chi connectivity index (χ3n) is 3.77. The van der Waals surface area contributed by atoms with E-state index < -0.39 is 0 Å². The van der Waals surface area contributed by atoms with Gasteiger partial charge in [0.25, 0.3) is 5.69 Å². The summed E-state index contributed by atoms with van der Waals surface area (Å²) >= 11 is 0. The molecule has 0 saturated heterocycles. The number of anilines is 1. The van der Waals surface area contributed by atoms with Gasteiger partial charge in [0.05, 0.1) is 4.92 Å². The standard InChI is InChI=1S/C14H20N2O3/c1-10-6-12(8-13(7-10)16(18)19)15-14-5-3-2-4-11(14)9-17/h6-8,11,14-15,17H,2-5,9H2,1H3. The molecule has 1 fully saturated rings. The first-order valence-corrected chi connectivity index (χ1v) is 6.73. The van der Waals surface area contributed by atoms with Gasteiger partial charge in [-0.2, -0.15) is 0 Å². The van der Waals surface area contributed by atoms with E-state index in [1.54, 1.807) is 12.1 Å². The Labute approximate surface area is 112 Å². The summed E-state index contributed by atoms with van der Waals surface area (Å²) in [6.45, 7) is 2.02. The van der Waals surface area contributed by atoms with E-state index >= 15 is 0 Å². The second-order valence-electron chi connectivity index (χ2n) is 5.29. The van der Waals surface area contributed by atoms with Gasteiger partial charge < -0.3 is 10.4 Å². The predicted molar refractivity (Wildman–Crippen MR) is 74.3 cm³/mol. The van der Waals surface area contributed by atoms with Crippen molar-refractivity contribution < 1.29 is 10.0 Å². The van der Waals surface area contributed by atoms with Crippen molar-refractivity contribution in [3.63, 3.8) is 0 Å². The van der Waals surface area contributed by atoms with Crippen LogP contribution < -0.4 is 5.32 Å². The largest absolute Gasteiger partial charge is 0.396 e. The van der Waals surface area contributed by atoms with Gasteiger partial charge in [-0.25, -0.2) is 0 Å². The third-order valence-corrected chi connectivity index (χ3v) is 3.77. The van der Waals surface area contributed by atoms with Crippen LogP contribution in [0.5, 0.6) is 0 Å². The van der Waals surface area contributed by atoms with E-state index in [4.69, 9.17) is 0 Å². The number of aryl methyl sites for hydroxylation is 1. The van der Waals surface area contributed by atoms with Crippen LogP contribution in [0.2, 0.25) is 0 Å². The van der Waals surface area contributed by atoms with Gasteiger partial charge in [-0.3, -0.25) is 10.1 Å². The van der Waals surface area contributed by atoms with Crippen molar-refractivity contribution in [3.05, 3.63) is 33.9 Å². The number of aliphatic hydroxyl groups is 1. The van der Waals surface area contributed by atoms with E-state index in [-0.39, 0.29) is 29.2 Å². The molecule has 1 saturated carbocycles. The van der Waals surface area contributed by atoms with Crippen molar-refractivity contribution in [2.75, 3.05) is 11.9 Å². The van der Waals surface area contributed by atoms with Crippen LogP contribution in [0.1, 0.15) is 31.2 Å². The molecule has 104 valence electrons. The summed E-state index contributed by atoms with van der Waals surface area (Å²) in [6, 6.07) is 5.25. The first kappa shape index (κ1) is 13.8. The summed E-state index contributed by atoms with van der Waals surface area (Å²) in [5.41, 5.74) is 1.75. The highest BCUT2D eigenvalue weighted by Gasteiger charge is 2.24. The fraction of sp³-hybridized carbons (Fsp3) is 0.571. The molecule has 1 aliphatic rings. The maximum atomic E-state index is 10.9. The summed E-state index contributed by atoms with van der Waals surface area (Å²) in [5.74, 6) is 0.244. The Balaban J connectivity index is 2.15. The Hall–Kier alpha value is -1.62. The van der Waals surface area contributed by atoms with Gasteiger partial charge in [0.2, 0.25) is 0 Å². The minimum Gasteiger partial charge on any atom is -0.396 e. The Kier molecular flexibility index (Phi) is 4.37. The van der Waals surface area contributed by atoms with Crippen LogP contribution in [0, 0.1) is 23.0 Å². The van der Waals surface area contributed by atoms with E-state index in [0.717, 1.165) is 36.9 Å². The summed E-state index contributed by atoms with van der Waals surface area (Å²) < 4.78 is 0. The first-order valence-electron chi connectivity index (χ1n) is 6.73. The fourth-order valence-electron chi connectivity index (χ4n) is 2.78. The molecule has 5 heteroatoms. The minimum absolute atomic E-state index is 0.110. The number of hydrogen-bond donors (Lipinski definition) is 2. The SMILES string of the molecule is Cc1cc(NC2CCCCC2CO)cc([N+](=O)[O-])c1. The van der Waals surface area contributed by atoms with Crippen LogP contribution in [0.15, 0.2) is 18.2 Å². The number of rotatable bonds is 4. The normalized spacial score (nSPS) is 23.1. The van der Waals surface area contributed by atoms with E-state index in [1.807, 2.05) is 13.0 Å². The molecule has 1 aromatic carbocycles. The monoisotopic (exact) mass is 264 g/mol. The maximum absolute atomic E-state index is 10.9. The van der Waals surface area contributed by atoms with E-state index in [1.165, 1.54) is 0 Å². The topological polar surface area (TPSA) is 75.4 Å². The first-order chi connectivity index (χ1) is 9.10. The molecule has 0 bridgehead atoms. The molecule has 0 radical (unpaired) electrons. The number of nitrogens with zero attached hydrogens (tertiary/aromatic N) is 1. The van der Waals surface area contributed by atoms with Crippen molar-refractivity contribution in [2.24, 2.45) is 5.92 Å². The Morgan fingerprint density at radius 2 is 2.11 bits per heavy atom. The molecule has 2 rings (SSSR count). The van der Waals surface area contributed by atoms with Crippen molar-refractivity contribution in [3.8, 4) is 0 Å². The van der Waals surface area contributed by atoms with Gasteiger partial charge in [-0.05, 0) is 31.4 Å². The quantitative estimate of drug-likeness (QED) is 0.647. The zero-order valence-electron chi connectivity index (χ0n) is 11.1. The van der Waals surface area contributed by atoms with Crippen LogP contribution in [0.25, 0.3) is 0 Å². The number of non-ortho nitro benzene ring substituents is 1. The van der Waals surface area contributed by atoms with E-state index in [0.29, 0.717) is 0 Å². The average molecular weight is 264 g/mol. The molecule has 0 amide bonds. The van der Waals surface area contributed by atoms with Gasteiger partial charge in [-0.1, -0.05) is 12.8 Å². The smallest absolute Gasteiger partial charge is 0.271 e. The molecule has 5 nitrogen and oxygen atoms in total. The van der Waals surface area contributed by atoms with Crippen LogP contribution in [-0.2, 0) is 0 Å². The molecular formula is C14H20N2O3. The lowest BCUT2D eigenvalue weighted by Gasteiger charge is -2.31. The van der Waals surface area contributed by atoms with Crippen molar-refractivity contribution in [1.29, 1.82) is 0 Å². The van der Waals surface area contributed by atoms with Crippen molar-refractivity contribution >= 4 is 11.4 Å². The zero-order valence-corrected chi connectivity index (χ0v) is 11.1. The molecule has 0 aromatic heterocycles. The second kappa shape index (κ2) is 6.02. The minimum atomic E-state index is -0.372. The lowest BCUT2D eigenvalue weighted by atomic mass is 9.85. The van der Waals surface area contributed by atoms with E-state index in [2.05, 4.69) is 5.32 Å². The predicted octanol–water partition coefficient (Wildman–Crippen LogP) is 2.87. The van der Waals surface area contributed by atoms with Gasteiger partial charge in [0, 0.05) is 36.4 Å². The van der Waals surface area contributed by atoms with Crippen LogP contribution in [0.4, 0.5) is 11.4 Å². The lowest BCUT2D eigenvalue weighted by molar-refractivity contribution is -0.384. The van der Waals surface area contributed by atoms with Gasteiger partial charge >= 0.3 is 0 Å². The second-order valence-corrected chi connectivity index (χ2v) is 5.29. The molecule has 0 aliphatic heterocycles. The maximum Gasteiger partial charge on any atom is 0.271 e.